The van der Waals surface area contributed by atoms with Crippen LogP contribution in [0.25, 0.3) is 10.9 Å². The van der Waals surface area contributed by atoms with Gasteiger partial charge in [-0.1, -0.05) is 29.8 Å². The molecule has 10 nitrogen and oxygen atoms in total. The predicted molar refractivity (Wildman–Crippen MR) is 169 cm³/mol. The number of nitrogens with zero attached hydrogens (tertiary/aromatic N) is 2. The summed E-state index contributed by atoms with van der Waals surface area (Å²) < 4.78 is 33.3. The van der Waals surface area contributed by atoms with Gasteiger partial charge in [0.1, 0.15) is 5.82 Å². The van der Waals surface area contributed by atoms with Crippen molar-refractivity contribution in [2.75, 3.05) is 32.7 Å². The molecule has 1 N–H and O–H groups in total. The van der Waals surface area contributed by atoms with Crippen molar-refractivity contribution in [2.45, 2.75) is 55.9 Å². The first-order valence-corrected chi connectivity index (χ1v) is 16.0. The fraction of sp³-hybridized carbons (Fsp3) is 0.469. The van der Waals surface area contributed by atoms with Crippen LogP contribution in [0.2, 0.25) is 5.02 Å². The summed E-state index contributed by atoms with van der Waals surface area (Å²) in [6.07, 6.45) is 4.96. The lowest BCUT2D eigenvalue weighted by molar-refractivity contribution is -0.160. The Labute approximate surface area is 270 Å². The number of esters is 1. The van der Waals surface area contributed by atoms with E-state index in [2.05, 4.69) is 5.32 Å². The number of hydrogen-bond donors (Lipinski definition) is 1. The largest absolute Gasteiger partial charge is 0.469 e. The summed E-state index contributed by atoms with van der Waals surface area (Å²) in [7, 11) is 4.66. The first kappa shape index (κ1) is 33.2. The molecule has 0 bridgehead atoms. The minimum absolute atomic E-state index is 0.0160. The fourth-order valence-electron chi connectivity index (χ4n) is 6.18. The summed E-state index contributed by atoms with van der Waals surface area (Å²) in [5.74, 6) is -1.64. The van der Waals surface area contributed by atoms with Crippen LogP contribution in [-0.2, 0) is 41.8 Å². The molecule has 1 aliphatic heterocycles. The van der Waals surface area contributed by atoms with E-state index in [9.17, 15) is 14.4 Å². The van der Waals surface area contributed by atoms with Gasteiger partial charge in [0.2, 0.25) is 5.91 Å². The van der Waals surface area contributed by atoms with Crippen molar-refractivity contribution in [1.29, 1.82) is 0 Å². The van der Waals surface area contributed by atoms with Gasteiger partial charge in [0.25, 0.3) is 5.91 Å². The van der Waals surface area contributed by atoms with Crippen molar-refractivity contribution in [1.82, 2.24) is 9.47 Å². The van der Waals surface area contributed by atoms with E-state index in [1.165, 1.54) is 20.3 Å². The van der Waals surface area contributed by atoms with E-state index in [0.717, 1.165) is 41.9 Å². The second-order valence-electron chi connectivity index (χ2n) is 11.4. The molecule has 2 fully saturated rings. The third kappa shape index (κ3) is 7.81. The van der Waals surface area contributed by atoms with Gasteiger partial charge in [-0.3, -0.25) is 14.4 Å². The second kappa shape index (κ2) is 15.0. The molecule has 0 unspecified atom stereocenters. The Kier molecular flexibility index (Phi) is 11.0. The third-order valence-corrected chi connectivity index (χ3v) is 9.68. The van der Waals surface area contributed by atoms with E-state index in [0.29, 0.717) is 38.0 Å². The van der Waals surface area contributed by atoms with Crippen LogP contribution in [0.15, 0.2) is 42.6 Å². The van der Waals surface area contributed by atoms with Gasteiger partial charge in [-0.25, -0.2) is 9.28 Å². The number of hydrogen-bond acceptors (Lipinski definition) is 8. The number of nitrogens with one attached hydrogen (secondary N) is 1. The van der Waals surface area contributed by atoms with Crippen LogP contribution in [0.4, 0.5) is 10.1 Å². The Balaban J connectivity index is 1.23. The molecule has 242 valence electrons. The minimum Gasteiger partial charge on any atom is -0.469 e. The van der Waals surface area contributed by atoms with Crippen LogP contribution in [0.1, 0.15) is 48.0 Å². The molecule has 45 heavy (non-hydrogen) atoms. The van der Waals surface area contributed by atoms with E-state index < -0.39 is 11.7 Å². The van der Waals surface area contributed by atoms with Gasteiger partial charge in [-0.05, 0) is 55.9 Å². The molecule has 2 amide bonds. The Bertz CT molecular complexity index is 1540. The highest BCUT2D eigenvalue weighted by Gasteiger charge is 2.37. The lowest BCUT2D eigenvalue weighted by atomic mass is 9.87. The number of halogens is 2. The topological polar surface area (TPSA) is 108 Å². The fourth-order valence-corrected chi connectivity index (χ4v) is 7.12. The molecule has 2 aliphatic rings. The molecular formula is C32H37ClFN3O7S. The quantitative estimate of drug-likeness (QED) is 0.121. The lowest BCUT2D eigenvalue weighted by Crippen LogP contribution is -2.40. The number of para-hydroxylation sites is 1. The summed E-state index contributed by atoms with van der Waals surface area (Å²) in [5.41, 5.74) is 1.57. The molecular weight excluding hydrogens is 625 g/mol. The van der Waals surface area contributed by atoms with Crippen LogP contribution in [-0.4, -0.2) is 72.0 Å². The number of benzene rings is 2. The van der Waals surface area contributed by atoms with Gasteiger partial charge in [-0.2, -0.15) is 4.33 Å². The summed E-state index contributed by atoms with van der Waals surface area (Å²) in [4.78, 5) is 44.9. The number of anilines is 1. The molecule has 1 aromatic heterocycles. The van der Waals surface area contributed by atoms with Gasteiger partial charge in [0.15, 0.2) is 0 Å². The van der Waals surface area contributed by atoms with Crippen molar-refractivity contribution < 1.29 is 37.5 Å². The molecule has 2 aromatic carbocycles. The Morgan fingerprint density at radius 1 is 1.11 bits per heavy atom. The average molecular weight is 662 g/mol. The summed E-state index contributed by atoms with van der Waals surface area (Å²) in [6, 6.07) is 9.77. The molecule has 13 heteroatoms. The highest BCUT2D eigenvalue weighted by molar-refractivity contribution is 7.95. The van der Waals surface area contributed by atoms with E-state index in [1.807, 2.05) is 35.9 Å². The number of carbonyl (C=O) groups excluding carboxylic acids is 3. The maximum atomic E-state index is 15.3. The Morgan fingerprint density at radius 2 is 1.87 bits per heavy atom. The van der Waals surface area contributed by atoms with E-state index >= 15 is 4.39 Å². The SMILES string of the molecule is COOS[C@H]1C[C@@H](COC2CCC(C(=O)OC)CC2)N(C(=O)Cc2cc(Cl)c(NC(=O)c3cn(C)c4ccccc34)cc2F)C1. The smallest absolute Gasteiger partial charge is 0.308 e. The highest BCUT2D eigenvalue weighted by Crippen LogP contribution is 2.33. The van der Waals surface area contributed by atoms with E-state index in [-0.39, 0.29) is 57.9 Å². The van der Waals surface area contributed by atoms with Crippen LogP contribution >= 0.6 is 23.6 Å². The van der Waals surface area contributed by atoms with E-state index in [4.69, 9.17) is 30.3 Å². The van der Waals surface area contributed by atoms with Crippen molar-refractivity contribution in [3.63, 3.8) is 0 Å². The monoisotopic (exact) mass is 661 g/mol. The second-order valence-corrected chi connectivity index (χ2v) is 12.8. The molecule has 1 saturated heterocycles. The van der Waals surface area contributed by atoms with Gasteiger partial charge < -0.3 is 24.3 Å². The van der Waals surface area contributed by atoms with Gasteiger partial charge in [-0.15, -0.1) is 0 Å². The number of likely N-dealkylation sites (tertiary alicyclic amines) is 1. The van der Waals surface area contributed by atoms with Gasteiger partial charge >= 0.3 is 5.97 Å². The normalized spacial score (nSPS) is 21.7. The third-order valence-electron chi connectivity index (χ3n) is 8.54. The molecule has 5 rings (SSSR count). The minimum atomic E-state index is -0.649. The summed E-state index contributed by atoms with van der Waals surface area (Å²) in [6.45, 7) is 0.691. The maximum absolute atomic E-state index is 15.3. The number of ether oxygens (including phenoxy) is 2. The molecule has 2 atom stereocenters. The van der Waals surface area contributed by atoms with Gasteiger partial charge in [0.05, 0.1) is 66.8 Å². The van der Waals surface area contributed by atoms with Crippen molar-refractivity contribution in [3.8, 4) is 0 Å². The van der Waals surface area contributed by atoms with Crippen LogP contribution in [0.5, 0.6) is 0 Å². The first-order chi connectivity index (χ1) is 21.7. The van der Waals surface area contributed by atoms with Gasteiger partial charge in [0, 0.05) is 42.7 Å². The highest BCUT2D eigenvalue weighted by atomic mass is 35.5. The molecule has 2 heterocycles. The number of aromatic nitrogens is 1. The van der Waals surface area contributed by atoms with Crippen molar-refractivity contribution in [3.05, 3.63) is 64.6 Å². The number of methoxy groups -OCH3 is 1. The molecule has 1 aliphatic carbocycles. The standard InChI is InChI=1S/C32H37ClFN3O7S/c1-36-17-25(24-6-4-5-7-29(24)36)31(39)35-28-15-27(34)20(12-26(28)33)13-30(38)37-16-23(45-44-42-3)14-21(37)18-43-22-10-8-19(9-11-22)32(40)41-2/h4-7,12,15,17,19,21-23H,8-11,13-14,16,18H2,1-3H3,(H,35,39)/t19?,21-,22?,23-/m0/s1. The Hall–Kier alpha value is -3.16. The summed E-state index contributed by atoms with van der Waals surface area (Å²) >= 11 is 7.63. The number of fused-ring (bicyclic) bond motifs is 1. The Morgan fingerprint density at radius 3 is 2.60 bits per heavy atom. The number of rotatable bonds is 11. The zero-order valence-corrected chi connectivity index (χ0v) is 27.0. The van der Waals surface area contributed by atoms with Crippen LogP contribution in [0.3, 0.4) is 0 Å². The molecule has 1 saturated carbocycles. The van der Waals surface area contributed by atoms with E-state index in [1.54, 1.807) is 11.1 Å². The zero-order chi connectivity index (χ0) is 32.1. The van der Waals surface area contributed by atoms with Crippen LogP contribution in [0, 0.1) is 11.7 Å². The average Bonchev–Trinajstić information content (AvgIpc) is 3.62. The molecule has 0 radical (unpaired) electrons. The maximum Gasteiger partial charge on any atom is 0.308 e. The summed E-state index contributed by atoms with van der Waals surface area (Å²) in [5, 5.41) is 3.54. The number of amides is 2. The molecule has 3 aromatic rings. The van der Waals surface area contributed by atoms with Crippen molar-refractivity contribution >= 4 is 58.0 Å². The number of carbonyl (C=O) groups is 3. The predicted octanol–water partition coefficient (Wildman–Crippen LogP) is 5.71. The lowest BCUT2D eigenvalue weighted by Gasteiger charge is -2.30. The van der Waals surface area contributed by atoms with Crippen molar-refractivity contribution in [2.24, 2.45) is 13.0 Å². The zero-order valence-electron chi connectivity index (χ0n) is 25.4. The number of aryl methyl sites for hydroxylation is 1. The first-order valence-electron chi connectivity index (χ1n) is 14.9. The van der Waals surface area contributed by atoms with Crippen LogP contribution < -0.4 is 5.32 Å². The molecule has 0 spiro atoms.